The largest absolute Gasteiger partial charge is 0.508 e. The minimum atomic E-state index is -0.570. The lowest BCUT2D eigenvalue weighted by Gasteiger charge is -2.21. The van der Waals surface area contributed by atoms with Gasteiger partial charge in [-0.15, -0.1) is 0 Å². The number of aliphatic hydroxyl groups is 1. The number of carbonyl (C=O) groups excluding carboxylic acids is 4. The minimum Gasteiger partial charge on any atom is -0.465 e. The van der Waals surface area contributed by atoms with Crippen LogP contribution in [0.3, 0.4) is 0 Å². The summed E-state index contributed by atoms with van der Waals surface area (Å²) in [7, 11) is 0. The maximum atomic E-state index is 12.5. The zero-order valence-electron chi connectivity index (χ0n) is 34.2. The molecule has 0 fully saturated rings. The first-order chi connectivity index (χ1) is 25.9. The van der Waals surface area contributed by atoms with Gasteiger partial charge in [0.15, 0.2) is 0 Å². The van der Waals surface area contributed by atoms with Gasteiger partial charge in [0, 0.05) is 25.8 Å². The molecule has 0 saturated carbocycles. The zero-order chi connectivity index (χ0) is 39.0. The molecule has 0 rings (SSSR count). The van der Waals surface area contributed by atoms with Crippen LogP contribution in [-0.4, -0.2) is 93.3 Å². The lowest BCUT2D eigenvalue weighted by molar-refractivity contribution is -0.153. The summed E-state index contributed by atoms with van der Waals surface area (Å²) in [5.41, 5.74) is 0. The van der Waals surface area contributed by atoms with Gasteiger partial charge in [-0.3, -0.25) is 14.4 Å². The Balaban J connectivity index is 4.20. The number of rotatable bonds is 39. The summed E-state index contributed by atoms with van der Waals surface area (Å²) < 4.78 is 26.7. The molecule has 0 aliphatic heterocycles. The maximum absolute atomic E-state index is 12.5. The Labute approximate surface area is 322 Å². The summed E-state index contributed by atoms with van der Waals surface area (Å²) >= 11 is 0. The Morgan fingerprint density at radius 1 is 0.434 bits per heavy atom. The van der Waals surface area contributed by atoms with E-state index in [0.29, 0.717) is 39.0 Å². The maximum Gasteiger partial charge on any atom is 0.508 e. The van der Waals surface area contributed by atoms with E-state index in [9.17, 15) is 24.3 Å². The fourth-order valence-electron chi connectivity index (χ4n) is 5.85. The number of ether oxygens (including phenoxy) is 5. The second-order valence-corrected chi connectivity index (χ2v) is 14.4. The van der Waals surface area contributed by atoms with Crippen molar-refractivity contribution in [1.82, 2.24) is 4.90 Å². The molecule has 11 heteroatoms. The van der Waals surface area contributed by atoms with Crippen LogP contribution in [0.15, 0.2) is 0 Å². The van der Waals surface area contributed by atoms with E-state index < -0.39 is 12.1 Å². The first-order valence-corrected chi connectivity index (χ1v) is 21.5. The molecular formula is C42H79NO10. The molecule has 0 aromatic rings. The standard InChI is InChI=1S/C42H79NO10/c1-4-7-10-13-14-16-24-33-49-42(48)50-34-25-17-15-22-29-43(31-32-44)30-23-18-21-28-41(47)53-37-38(35-51-39(45)26-19-11-8-5-2)36-52-40(46)27-20-12-9-6-3/h38,44H,4-37H2,1-3H3. The third kappa shape index (κ3) is 36.4. The van der Waals surface area contributed by atoms with Gasteiger partial charge in [0.2, 0.25) is 0 Å². The first-order valence-electron chi connectivity index (χ1n) is 21.5. The van der Waals surface area contributed by atoms with Crippen molar-refractivity contribution in [3.63, 3.8) is 0 Å². The van der Waals surface area contributed by atoms with Crippen molar-refractivity contribution in [2.45, 2.75) is 181 Å². The number of unbranched alkanes of at least 4 members (excludes halogenated alkanes) is 17. The Kier molecular flexibility index (Phi) is 37.5. The third-order valence-electron chi connectivity index (χ3n) is 9.24. The molecule has 0 atom stereocenters. The smallest absolute Gasteiger partial charge is 0.465 e. The highest BCUT2D eigenvalue weighted by Crippen LogP contribution is 2.11. The minimum absolute atomic E-state index is 0.0326. The van der Waals surface area contributed by atoms with Crippen molar-refractivity contribution in [3.8, 4) is 0 Å². The molecule has 0 heterocycles. The lowest BCUT2D eigenvalue weighted by Crippen LogP contribution is -2.29. The van der Waals surface area contributed by atoms with E-state index in [-0.39, 0.29) is 50.8 Å². The van der Waals surface area contributed by atoms with Crippen molar-refractivity contribution >= 4 is 24.1 Å². The predicted molar refractivity (Wildman–Crippen MR) is 210 cm³/mol. The summed E-state index contributed by atoms with van der Waals surface area (Å²) in [4.78, 5) is 50.9. The molecule has 0 aromatic heterocycles. The van der Waals surface area contributed by atoms with E-state index in [1.54, 1.807) is 0 Å². The van der Waals surface area contributed by atoms with Gasteiger partial charge in [-0.05, 0) is 58.0 Å². The molecule has 11 nitrogen and oxygen atoms in total. The fraction of sp³-hybridized carbons (Fsp3) is 0.905. The molecule has 312 valence electrons. The quantitative estimate of drug-likeness (QED) is 0.0365. The number of nitrogens with zero attached hydrogens (tertiary/aromatic N) is 1. The van der Waals surface area contributed by atoms with Gasteiger partial charge < -0.3 is 33.7 Å². The highest BCUT2D eigenvalue weighted by molar-refractivity contribution is 5.70. The average molecular weight is 758 g/mol. The molecule has 0 unspecified atom stereocenters. The van der Waals surface area contributed by atoms with Gasteiger partial charge in [-0.2, -0.15) is 0 Å². The molecule has 0 aliphatic rings. The number of carbonyl (C=O) groups is 4. The topological polar surface area (TPSA) is 138 Å². The molecule has 0 bridgehead atoms. The van der Waals surface area contributed by atoms with Gasteiger partial charge in [0.25, 0.3) is 0 Å². The zero-order valence-corrected chi connectivity index (χ0v) is 34.2. The van der Waals surface area contributed by atoms with E-state index in [1.165, 1.54) is 32.1 Å². The Morgan fingerprint density at radius 3 is 1.17 bits per heavy atom. The van der Waals surface area contributed by atoms with Crippen molar-refractivity contribution in [2.24, 2.45) is 5.92 Å². The van der Waals surface area contributed by atoms with E-state index in [0.717, 1.165) is 116 Å². The number of esters is 3. The van der Waals surface area contributed by atoms with E-state index in [1.807, 2.05) is 0 Å². The molecule has 0 amide bonds. The predicted octanol–water partition coefficient (Wildman–Crippen LogP) is 9.49. The van der Waals surface area contributed by atoms with Crippen molar-refractivity contribution in [1.29, 1.82) is 0 Å². The van der Waals surface area contributed by atoms with Crippen LogP contribution < -0.4 is 0 Å². The third-order valence-corrected chi connectivity index (χ3v) is 9.24. The van der Waals surface area contributed by atoms with Crippen LogP contribution in [0.25, 0.3) is 0 Å². The van der Waals surface area contributed by atoms with Crippen LogP contribution in [0.4, 0.5) is 4.79 Å². The van der Waals surface area contributed by atoms with E-state index in [2.05, 4.69) is 25.7 Å². The molecule has 0 radical (unpaired) electrons. The summed E-state index contributed by atoms with van der Waals surface area (Å²) in [6, 6.07) is 0. The molecule has 0 aromatic carbocycles. The molecular weight excluding hydrogens is 678 g/mol. The van der Waals surface area contributed by atoms with Crippen LogP contribution in [0.2, 0.25) is 0 Å². The van der Waals surface area contributed by atoms with Crippen molar-refractivity contribution < 1.29 is 48.0 Å². The second-order valence-electron chi connectivity index (χ2n) is 14.4. The Bertz CT molecular complexity index is 843. The number of aliphatic hydroxyl groups excluding tert-OH is 1. The van der Waals surface area contributed by atoms with Crippen LogP contribution >= 0.6 is 0 Å². The van der Waals surface area contributed by atoms with Crippen molar-refractivity contribution in [2.75, 3.05) is 59.3 Å². The molecule has 53 heavy (non-hydrogen) atoms. The average Bonchev–Trinajstić information content (AvgIpc) is 3.15. The molecule has 0 aliphatic carbocycles. The summed E-state index contributed by atoms with van der Waals surface area (Å²) in [6.07, 6.45) is 22.8. The lowest BCUT2D eigenvalue weighted by atomic mass is 10.1. The monoisotopic (exact) mass is 758 g/mol. The highest BCUT2D eigenvalue weighted by Gasteiger charge is 2.18. The number of hydrogen-bond acceptors (Lipinski definition) is 11. The summed E-state index contributed by atoms with van der Waals surface area (Å²) in [5, 5.41) is 9.51. The summed E-state index contributed by atoms with van der Waals surface area (Å²) in [5.74, 6) is -1.28. The molecule has 0 spiro atoms. The van der Waals surface area contributed by atoms with Crippen LogP contribution in [0, 0.1) is 5.92 Å². The first kappa shape index (κ1) is 50.6. The number of hydrogen-bond donors (Lipinski definition) is 1. The van der Waals surface area contributed by atoms with Crippen LogP contribution in [0.1, 0.15) is 181 Å². The van der Waals surface area contributed by atoms with Gasteiger partial charge in [0.1, 0.15) is 19.8 Å². The summed E-state index contributed by atoms with van der Waals surface area (Å²) in [6.45, 7) is 9.82. The van der Waals surface area contributed by atoms with Crippen molar-refractivity contribution in [3.05, 3.63) is 0 Å². The van der Waals surface area contributed by atoms with E-state index >= 15 is 0 Å². The fourth-order valence-corrected chi connectivity index (χ4v) is 5.85. The van der Waals surface area contributed by atoms with Gasteiger partial charge >= 0.3 is 24.1 Å². The highest BCUT2D eigenvalue weighted by atomic mass is 16.7. The molecule has 1 N–H and O–H groups in total. The van der Waals surface area contributed by atoms with Crippen LogP contribution in [0.5, 0.6) is 0 Å². The van der Waals surface area contributed by atoms with Gasteiger partial charge in [-0.1, -0.05) is 117 Å². The normalized spacial score (nSPS) is 11.2. The molecule has 0 saturated heterocycles. The van der Waals surface area contributed by atoms with Gasteiger partial charge in [0.05, 0.1) is 25.7 Å². The SMILES string of the molecule is CCCCCCCCCOC(=O)OCCCCCCN(CCO)CCCCCC(=O)OCC(COC(=O)CCCCCC)COC(=O)CCCCCC. The Hall–Kier alpha value is -2.40. The van der Waals surface area contributed by atoms with Gasteiger partial charge in [-0.25, -0.2) is 4.79 Å². The van der Waals surface area contributed by atoms with Crippen LogP contribution in [-0.2, 0) is 38.1 Å². The van der Waals surface area contributed by atoms with E-state index in [4.69, 9.17) is 23.7 Å². The second kappa shape index (κ2) is 39.3. The Morgan fingerprint density at radius 2 is 0.774 bits per heavy atom.